The van der Waals surface area contributed by atoms with Gasteiger partial charge in [0.1, 0.15) is 0 Å². The number of nitrogens with zero attached hydrogens (tertiary/aromatic N) is 1. The van der Waals surface area contributed by atoms with Crippen LogP contribution in [-0.4, -0.2) is 35.2 Å². The van der Waals surface area contributed by atoms with Crippen LogP contribution >= 0.6 is 0 Å². The molecule has 1 saturated heterocycles. The second kappa shape index (κ2) is 5.92. The number of piperidine rings is 1. The molecule has 2 aliphatic rings. The van der Waals surface area contributed by atoms with E-state index in [-0.39, 0.29) is 5.60 Å². The van der Waals surface area contributed by atoms with Crippen LogP contribution in [0.5, 0.6) is 0 Å². The molecule has 0 bridgehead atoms. The van der Waals surface area contributed by atoms with Crippen molar-refractivity contribution in [2.24, 2.45) is 5.41 Å². The summed E-state index contributed by atoms with van der Waals surface area (Å²) in [5, 5.41) is 10.6. The minimum Gasteiger partial charge on any atom is -0.389 e. The highest BCUT2D eigenvalue weighted by Crippen LogP contribution is 2.39. The van der Waals surface area contributed by atoms with Crippen molar-refractivity contribution < 1.29 is 5.11 Å². The predicted octanol–water partition coefficient (Wildman–Crippen LogP) is 3.58. The highest BCUT2D eigenvalue weighted by Gasteiger charge is 2.36. The lowest BCUT2D eigenvalue weighted by molar-refractivity contribution is -0.0401. The third kappa shape index (κ3) is 3.27. The van der Waals surface area contributed by atoms with Crippen LogP contribution < -0.4 is 0 Å². The monoisotopic (exact) mass is 253 g/mol. The van der Waals surface area contributed by atoms with E-state index in [0.717, 1.165) is 19.4 Å². The van der Waals surface area contributed by atoms with E-state index >= 15 is 0 Å². The summed E-state index contributed by atoms with van der Waals surface area (Å²) in [5.74, 6) is 0. The second-order valence-corrected chi connectivity index (χ2v) is 6.77. The Morgan fingerprint density at radius 2 is 1.44 bits per heavy atom. The number of β-amino-alcohol motifs (C(OH)–C–C–N with tert-alkyl or cyclic N) is 1. The molecule has 2 nitrogen and oxygen atoms in total. The first-order valence-electron chi connectivity index (χ1n) is 8.06. The maximum atomic E-state index is 10.6. The van der Waals surface area contributed by atoms with Crippen LogP contribution in [0.3, 0.4) is 0 Å². The molecule has 2 fully saturated rings. The van der Waals surface area contributed by atoms with Gasteiger partial charge >= 0.3 is 0 Å². The minimum absolute atomic E-state index is 0.364. The molecule has 0 radical (unpaired) electrons. The van der Waals surface area contributed by atoms with Crippen molar-refractivity contribution in [2.45, 2.75) is 77.2 Å². The van der Waals surface area contributed by atoms with Crippen LogP contribution in [0.15, 0.2) is 0 Å². The fourth-order valence-electron chi connectivity index (χ4n) is 3.93. The van der Waals surface area contributed by atoms with Crippen LogP contribution in [0.4, 0.5) is 0 Å². The van der Waals surface area contributed by atoms with Crippen molar-refractivity contribution in [3.05, 3.63) is 0 Å². The fraction of sp³-hybridized carbons (Fsp3) is 1.00. The molecule has 2 rings (SSSR count). The number of aliphatic hydroxyl groups is 1. The van der Waals surface area contributed by atoms with Gasteiger partial charge in [-0.15, -0.1) is 0 Å². The Morgan fingerprint density at radius 1 is 0.889 bits per heavy atom. The molecule has 18 heavy (non-hydrogen) atoms. The Hall–Kier alpha value is -0.0800. The van der Waals surface area contributed by atoms with E-state index in [1.165, 1.54) is 58.0 Å². The molecule has 0 unspecified atom stereocenters. The molecule has 1 aliphatic heterocycles. The molecule has 0 atom stereocenters. The molecule has 0 aromatic rings. The molecule has 1 N–H and O–H groups in total. The highest BCUT2D eigenvalue weighted by atomic mass is 16.3. The van der Waals surface area contributed by atoms with Gasteiger partial charge in [0, 0.05) is 6.54 Å². The Kier molecular flexibility index (Phi) is 4.71. The number of hydrogen-bond acceptors (Lipinski definition) is 2. The lowest BCUT2D eigenvalue weighted by Gasteiger charge is -2.44. The molecular formula is C16H31NO. The Labute approximate surface area is 113 Å². The van der Waals surface area contributed by atoms with Gasteiger partial charge in [-0.25, -0.2) is 0 Å². The van der Waals surface area contributed by atoms with Crippen molar-refractivity contribution in [1.29, 1.82) is 0 Å². The predicted molar refractivity (Wildman–Crippen MR) is 76.7 cm³/mol. The van der Waals surface area contributed by atoms with E-state index in [1.54, 1.807) is 0 Å². The molecule has 1 saturated carbocycles. The third-order valence-electron chi connectivity index (χ3n) is 5.72. The van der Waals surface area contributed by atoms with Gasteiger partial charge in [-0.2, -0.15) is 0 Å². The smallest absolute Gasteiger partial charge is 0.0774 e. The average molecular weight is 253 g/mol. The standard InChI is InChI=1S/C16H31NO/c1-3-15(4-2)10-12-17(13-11-15)14-16(18)8-6-5-7-9-16/h18H,3-14H2,1-2H3. The lowest BCUT2D eigenvalue weighted by atomic mass is 9.74. The van der Waals surface area contributed by atoms with E-state index in [9.17, 15) is 5.11 Å². The topological polar surface area (TPSA) is 23.5 Å². The van der Waals surface area contributed by atoms with E-state index in [4.69, 9.17) is 0 Å². The Balaban J connectivity index is 1.82. The zero-order valence-electron chi connectivity index (χ0n) is 12.4. The van der Waals surface area contributed by atoms with E-state index < -0.39 is 0 Å². The molecule has 2 heteroatoms. The minimum atomic E-state index is -0.364. The quantitative estimate of drug-likeness (QED) is 0.827. The molecule has 1 aliphatic carbocycles. The molecule has 0 aromatic heterocycles. The van der Waals surface area contributed by atoms with Crippen molar-refractivity contribution in [2.75, 3.05) is 19.6 Å². The van der Waals surface area contributed by atoms with E-state index in [2.05, 4.69) is 18.7 Å². The second-order valence-electron chi connectivity index (χ2n) is 6.77. The van der Waals surface area contributed by atoms with Crippen LogP contribution in [0.1, 0.15) is 71.6 Å². The Bertz CT molecular complexity index is 244. The summed E-state index contributed by atoms with van der Waals surface area (Å²) < 4.78 is 0. The van der Waals surface area contributed by atoms with Crippen LogP contribution in [0.2, 0.25) is 0 Å². The van der Waals surface area contributed by atoms with Gasteiger partial charge in [0.15, 0.2) is 0 Å². The summed E-state index contributed by atoms with van der Waals surface area (Å²) >= 11 is 0. The first-order chi connectivity index (χ1) is 8.61. The summed E-state index contributed by atoms with van der Waals surface area (Å²) in [4.78, 5) is 2.52. The van der Waals surface area contributed by atoms with Gasteiger partial charge in [0.05, 0.1) is 5.60 Å². The van der Waals surface area contributed by atoms with Crippen LogP contribution in [0, 0.1) is 5.41 Å². The highest BCUT2D eigenvalue weighted by molar-refractivity contribution is 4.90. The fourth-order valence-corrected chi connectivity index (χ4v) is 3.93. The van der Waals surface area contributed by atoms with Gasteiger partial charge in [0.2, 0.25) is 0 Å². The first-order valence-corrected chi connectivity index (χ1v) is 8.06. The van der Waals surface area contributed by atoms with Crippen molar-refractivity contribution >= 4 is 0 Å². The van der Waals surface area contributed by atoms with Crippen molar-refractivity contribution in [3.8, 4) is 0 Å². The van der Waals surface area contributed by atoms with Crippen molar-refractivity contribution in [1.82, 2.24) is 4.90 Å². The lowest BCUT2D eigenvalue weighted by Crippen LogP contribution is -2.48. The van der Waals surface area contributed by atoms with Gasteiger partial charge in [-0.1, -0.05) is 46.0 Å². The maximum Gasteiger partial charge on any atom is 0.0774 e. The van der Waals surface area contributed by atoms with Crippen molar-refractivity contribution in [3.63, 3.8) is 0 Å². The first kappa shape index (κ1) is 14.3. The molecule has 0 amide bonds. The van der Waals surface area contributed by atoms with Crippen LogP contribution in [-0.2, 0) is 0 Å². The normalized spacial score (nSPS) is 28.2. The Morgan fingerprint density at radius 3 is 1.94 bits per heavy atom. The molecule has 1 heterocycles. The molecule has 0 aromatic carbocycles. The van der Waals surface area contributed by atoms with Gasteiger partial charge in [-0.3, -0.25) is 0 Å². The average Bonchev–Trinajstić information content (AvgIpc) is 2.40. The maximum absolute atomic E-state index is 10.6. The van der Waals surface area contributed by atoms with E-state index in [0.29, 0.717) is 5.41 Å². The van der Waals surface area contributed by atoms with E-state index in [1.807, 2.05) is 0 Å². The van der Waals surface area contributed by atoms with Gasteiger partial charge in [0.25, 0.3) is 0 Å². The van der Waals surface area contributed by atoms with Crippen LogP contribution in [0.25, 0.3) is 0 Å². The summed E-state index contributed by atoms with van der Waals surface area (Å²) in [5.41, 5.74) is 0.238. The number of hydrogen-bond donors (Lipinski definition) is 1. The molecule has 0 spiro atoms. The zero-order valence-corrected chi connectivity index (χ0v) is 12.4. The molecular weight excluding hydrogens is 222 g/mol. The summed E-state index contributed by atoms with van der Waals surface area (Å²) in [7, 11) is 0. The van der Waals surface area contributed by atoms with Gasteiger partial charge in [-0.05, 0) is 44.2 Å². The summed E-state index contributed by atoms with van der Waals surface area (Å²) in [6.45, 7) is 8.01. The molecule has 106 valence electrons. The third-order valence-corrected chi connectivity index (χ3v) is 5.72. The number of rotatable bonds is 4. The number of likely N-dealkylation sites (tertiary alicyclic amines) is 1. The largest absolute Gasteiger partial charge is 0.389 e. The summed E-state index contributed by atoms with van der Waals surface area (Å²) in [6.07, 6.45) is 11.1. The zero-order chi connectivity index (χ0) is 13.1. The SMILES string of the molecule is CCC1(CC)CCN(CC2(O)CCCCC2)CC1. The summed E-state index contributed by atoms with van der Waals surface area (Å²) in [6, 6.07) is 0. The van der Waals surface area contributed by atoms with Gasteiger partial charge < -0.3 is 10.0 Å².